The van der Waals surface area contributed by atoms with E-state index in [1.807, 2.05) is 232 Å². The van der Waals surface area contributed by atoms with Gasteiger partial charge in [0.2, 0.25) is 0 Å². The highest BCUT2D eigenvalue weighted by Gasteiger charge is 2.27. The van der Waals surface area contributed by atoms with E-state index in [9.17, 15) is 47.9 Å². The van der Waals surface area contributed by atoms with Crippen LogP contribution >= 0.6 is 0 Å². The first-order valence-corrected chi connectivity index (χ1v) is 40.6. The average Bonchev–Trinajstić information content (AvgIpc) is 0.829. The minimum Gasteiger partial charge on any atom is -0.322 e. The minimum atomic E-state index is -0.430. The third-order valence-corrected chi connectivity index (χ3v) is 17.2. The second-order valence-electron chi connectivity index (χ2n) is 31.1. The molecule has 0 aliphatic heterocycles. The number of carbonyl (C=O) groups excluding carboxylic acids is 5. The van der Waals surface area contributed by atoms with Gasteiger partial charge in [0, 0.05) is 87.3 Å². The predicted octanol–water partition coefficient (Wildman–Crippen LogP) is 21.1. The van der Waals surface area contributed by atoms with Crippen molar-refractivity contribution in [3.63, 3.8) is 0 Å². The summed E-state index contributed by atoms with van der Waals surface area (Å²) in [6.07, 6.45) is 29.1. The molecule has 602 valence electrons. The van der Waals surface area contributed by atoms with Crippen LogP contribution in [-0.2, 0) is 6.42 Å². The number of aromatic amines is 2. The summed E-state index contributed by atoms with van der Waals surface area (Å²) in [4.78, 5) is 139. The van der Waals surface area contributed by atoms with E-state index >= 15 is 0 Å². The maximum absolute atomic E-state index is 12.5. The van der Waals surface area contributed by atoms with Crippen molar-refractivity contribution in [1.29, 1.82) is 0 Å². The number of hydrogen-bond donors (Lipinski definition) is 2. The summed E-state index contributed by atoms with van der Waals surface area (Å²) in [5.41, 5.74) is 2.26. The SMILES string of the molecule is CC.CC.CC.CC.CC.CC(C)(C)CC(=O)c1cccn(C2CCCCC2)c1=O.CC(C)(C)CC(=O)c1ncc(-c2ccccc2)[nH]c1=O.CC(C)(C)CC(=O)c1ncc(Cc2ccccc2)[nH]c1=O.CC(C)CC(=O)c1ccnn(C2CCCCC2)c1=O.CC(C)CC(=O)c1nccn(C2CCCCC2)c1=O. The molecule has 5 aromatic heterocycles. The third kappa shape index (κ3) is 35.7. The lowest BCUT2D eigenvalue weighted by Gasteiger charge is -2.24. The van der Waals surface area contributed by atoms with Crippen molar-refractivity contribution in [1.82, 2.24) is 43.8 Å². The molecule has 0 bridgehead atoms. The fraction of sp³-hybridized carbons (Fsp3) is 0.578. The molecule has 109 heavy (non-hydrogen) atoms. The van der Waals surface area contributed by atoms with Crippen molar-refractivity contribution in [2.75, 3.05) is 0 Å². The first-order valence-electron chi connectivity index (χ1n) is 40.6. The maximum atomic E-state index is 12.5. The van der Waals surface area contributed by atoms with E-state index in [0.717, 1.165) is 75.3 Å². The van der Waals surface area contributed by atoms with Gasteiger partial charge in [0.1, 0.15) is 0 Å². The summed E-state index contributed by atoms with van der Waals surface area (Å²) in [6, 6.07) is 25.0. The zero-order chi connectivity index (χ0) is 82.6. The zero-order valence-corrected chi connectivity index (χ0v) is 70.9. The van der Waals surface area contributed by atoms with Gasteiger partial charge in [-0.15, -0.1) is 0 Å². The van der Waals surface area contributed by atoms with E-state index in [1.54, 1.807) is 46.1 Å². The molecule has 3 saturated carbocycles. The number of Topliss-reactive ketones (excluding diaryl/α,β-unsaturated/α-hetero) is 5. The number of pyridine rings is 1. The van der Waals surface area contributed by atoms with Gasteiger partial charge < -0.3 is 19.1 Å². The van der Waals surface area contributed by atoms with Crippen molar-refractivity contribution in [2.45, 2.75) is 312 Å². The molecule has 3 fully saturated rings. The van der Waals surface area contributed by atoms with Gasteiger partial charge >= 0.3 is 0 Å². The summed E-state index contributed by atoms with van der Waals surface area (Å²) >= 11 is 0. The molecule has 3 aliphatic carbocycles. The standard InChI is InChI=1S/C17H20N2O2.C17H25NO2.C16H18N2O2.2C15H22N2O2.5C2H6/c1-17(2,3)10-14(20)15-16(21)19-13(11-18-15)9-12-7-5-4-6-8-12;1-17(2,3)12-15(19)14-10-7-11-18(16(14)20)13-8-5-4-6-9-13;1-16(2,3)9-13(19)14-15(20)18-12(10-17-14)11-7-5-4-6-8-11;1-11(2)10-13(18)14-15(19)17(9-8-16-14)12-6-4-3-5-7-12;1-11(2)10-14(18)13-8-9-16-17(15(13)19)12-6-4-3-5-7-12;5*1-2/h4-8,11H,9-10H2,1-3H3,(H,19,21);7,10-11,13H,4-6,8-9,12H2,1-3H3;4-8,10H,9H2,1-3H3,(H,18,20);2*8-9,11-12H,3-7,10H2,1-2H3;5*1-2H3. The quantitative estimate of drug-likeness (QED) is 0.0757. The van der Waals surface area contributed by atoms with E-state index < -0.39 is 11.1 Å². The second kappa shape index (κ2) is 51.6. The molecular formula is C90H137N9O10. The normalized spacial score (nSPS) is 13.6. The Bertz CT molecular complexity index is 4010. The first kappa shape index (κ1) is 98.3. The summed E-state index contributed by atoms with van der Waals surface area (Å²) in [5.74, 6) is -0.154. The van der Waals surface area contributed by atoms with Crippen molar-refractivity contribution in [3.8, 4) is 11.3 Å². The average molecular weight is 1510 g/mol. The summed E-state index contributed by atoms with van der Waals surface area (Å²) in [5, 5.41) is 4.18. The van der Waals surface area contributed by atoms with Crippen LogP contribution in [0.4, 0.5) is 0 Å². The number of H-pyrrole nitrogens is 2. The lowest BCUT2D eigenvalue weighted by Crippen LogP contribution is -2.32. The van der Waals surface area contributed by atoms with Gasteiger partial charge in [-0.1, -0.05) is 278 Å². The topological polar surface area (TPSA) is 269 Å². The number of carbonyl (C=O) groups is 5. The molecule has 10 rings (SSSR count). The summed E-state index contributed by atoms with van der Waals surface area (Å²) < 4.78 is 5.04. The molecule has 7 aromatic rings. The molecule has 2 N–H and O–H groups in total. The van der Waals surface area contributed by atoms with Gasteiger partial charge in [0.05, 0.1) is 29.1 Å². The number of rotatable bonds is 18. The van der Waals surface area contributed by atoms with E-state index in [0.29, 0.717) is 61.0 Å². The molecule has 0 spiro atoms. The summed E-state index contributed by atoms with van der Waals surface area (Å²) in [6.45, 7) is 45.7. The number of nitrogens with zero attached hydrogens (tertiary/aromatic N) is 7. The Hall–Kier alpha value is -8.74. The van der Waals surface area contributed by atoms with Crippen LogP contribution in [0.15, 0.2) is 140 Å². The largest absolute Gasteiger partial charge is 0.322 e. The zero-order valence-electron chi connectivity index (χ0n) is 70.9. The van der Waals surface area contributed by atoms with Crippen LogP contribution < -0.4 is 27.8 Å². The highest BCUT2D eigenvalue weighted by molar-refractivity contribution is 5.97. The maximum Gasteiger partial charge on any atom is 0.280 e. The monoisotopic (exact) mass is 1500 g/mol. The first-order chi connectivity index (χ1) is 51.8. The Morgan fingerprint density at radius 2 is 0.826 bits per heavy atom. The lowest BCUT2D eigenvalue weighted by molar-refractivity contribution is 0.0924. The molecule has 0 atom stereocenters. The van der Waals surface area contributed by atoms with E-state index in [-0.39, 0.29) is 109 Å². The molecule has 0 amide bonds. The molecule has 5 heterocycles. The Balaban J connectivity index is 0.000000661. The van der Waals surface area contributed by atoms with Crippen LogP contribution in [0.2, 0.25) is 0 Å². The molecule has 0 saturated heterocycles. The van der Waals surface area contributed by atoms with Crippen LogP contribution in [0.5, 0.6) is 0 Å². The van der Waals surface area contributed by atoms with Crippen LogP contribution in [0.1, 0.15) is 369 Å². The molecule has 19 heteroatoms. The Morgan fingerprint density at radius 1 is 0.413 bits per heavy atom. The van der Waals surface area contributed by atoms with Gasteiger partial charge in [-0.25, -0.2) is 19.6 Å². The number of hydrogen-bond acceptors (Lipinski definition) is 14. The second-order valence-corrected chi connectivity index (χ2v) is 31.1. The van der Waals surface area contributed by atoms with Crippen molar-refractivity contribution in [2.24, 2.45) is 28.1 Å². The van der Waals surface area contributed by atoms with Crippen LogP contribution in [0.25, 0.3) is 11.3 Å². The molecule has 0 radical (unpaired) electrons. The fourth-order valence-corrected chi connectivity index (χ4v) is 12.4. The smallest absolute Gasteiger partial charge is 0.280 e. The van der Waals surface area contributed by atoms with Gasteiger partial charge in [-0.05, 0) is 95.9 Å². The number of nitrogens with one attached hydrogen (secondary N) is 2. The minimum absolute atomic E-state index is 0.00161. The lowest BCUT2D eigenvalue weighted by atomic mass is 9.88. The molecule has 2 aromatic carbocycles. The van der Waals surface area contributed by atoms with Gasteiger partial charge in [0.15, 0.2) is 46.0 Å². The van der Waals surface area contributed by atoms with Crippen LogP contribution in [0.3, 0.4) is 0 Å². The van der Waals surface area contributed by atoms with Crippen LogP contribution in [0, 0.1) is 28.1 Å². The highest BCUT2D eigenvalue weighted by Crippen LogP contribution is 2.30. The molecule has 19 nitrogen and oxygen atoms in total. The number of benzene rings is 2. The summed E-state index contributed by atoms with van der Waals surface area (Å²) in [7, 11) is 0. The number of aromatic nitrogens is 9. The van der Waals surface area contributed by atoms with Crippen molar-refractivity contribution >= 4 is 28.9 Å². The molecular weight excluding hydrogens is 1370 g/mol. The predicted molar refractivity (Wildman–Crippen MR) is 448 cm³/mol. The van der Waals surface area contributed by atoms with Gasteiger partial charge in [0.25, 0.3) is 27.8 Å². The van der Waals surface area contributed by atoms with Crippen LogP contribution in [-0.4, -0.2) is 72.8 Å². The fourth-order valence-electron chi connectivity index (χ4n) is 12.4. The Morgan fingerprint density at radius 3 is 1.28 bits per heavy atom. The van der Waals surface area contributed by atoms with Crippen molar-refractivity contribution in [3.05, 3.63) is 207 Å². The van der Waals surface area contributed by atoms with Gasteiger partial charge in [-0.2, -0.15) is 5.10 Å². The highest BCUT2D eigenvalue weighted by atomic mass is 16.2. The molecule has 0 unspecified atom stereocenters. The van der Waals surface area contributed by atoms with Crippen molar-refractivity contribution < 1.29 is 24.0 Å². The Kier molecular flexibility index (Phi) is 46.5. The third-order valence-electron chi connectivity index (χ3n) is 17.2. The number of ketones is 5. The van der Waals surface area contributed by atoms with Gasteiger partial charge in [-0.3, -0.25) is 47.9 Å². The van der Waals surface area contributed by atoms with E-state index in [1.165, 1.54) is 43.0 Å². The van der Waals surface area contributed by atoms with E-state index in [2.05, 4.69) is 30.0 Å². The Labute approximate surface area is 652 Å². The van der Waals surface area contributed by atoms with E-state index in [4.69, 9.17) is 0 Å². The molecule has 3 aliphatic rings.